The number of benzene rings is 1. The van der Waals surface area contributed by atoms with Gasteiger partial charge in [-0.1, -0.05) is 31.4 Å². The molecule has 0 radical (unpaired) electrons. The Balaban J connectivity index is 2.24. The highest BCUT2D eigenvalue weighted by molar-refractivity contribution is 5.40. The molecule has 1 fully saturated rings. The lowest BCUT2D eigenvalue weighted by molar-refractivity contribution is 0.335. The van der Waals surface area contributed by atoms with Crippen LogP contribution in [0.4, 0.5) is 0 Å². The number of aryl methyl sites for hydroxylation is 1. The van der Waals surface area contributed by atoms with E-state index in [-0.39, 0.29) is 5.92 Å². The lowest BCUT2D eigenvalue weighted by Gasteiger charge is -2.26. The third-order valence-electron chi connectivity index (χ3n) is 4.05. The quantitative estimate of drug-likeness (QED) is 0.797. The highest BCUT2D eigenvalue weighted by Gasteiger charge is 2.25. The normalized spacial score (nSPS) is 18.1. The maximum Gasteiger partial charge on any atom is 0.122 e. The molecule has 0 aromatic heterocycles. The largest absolute Gasteiger partial charge is 0.496 e. The first kappa shape index (κ1) is 13.0. The minimum atomic E-state index is 0.0276. The highest BCUT2D eigenvalue weighted by Crippen LogP contribution is 2.37. The van der Waals surface area contributed by atoms with Crippen LogP contribution in [0.3, 0.4) is 0 Å². The van der Waals surface area contributed by atoms with Crippen molar-refractivity contribution in [3.8, 4) is 11.8 Å². The molecular formula is C16H21NO. The van der Waals surface area contributed by atoms with Crippen molar-refractivity contribution >= 4 is 0 Å². The topological polar surface area (TPSA) is 33.0 Å². The van der Waals surface area contributed by atoms with Crippen LogP contribution in [-0.2, 0) is 0 Å². The SMILES string of the molecule is COc1cc(C(C#N)C2CCCCC2)ccc1C. The molecule has 1 aliphatic rings. The van der Waals surface area contributed by atoms with E-state index < -0.39 is 0 Å². The van der Waals surface area contributed by atoms with E-state index in [1.807, 2.05) is 13.0 Å². The molecule has 96 valence electrons. The van der Waals surface area contributed by atoms with E-state index in [1.54, 1.807) is 7.11 Å². The monoisotopic (exact) mass is 243 g/mol. The molecule has 2 rings (SSSR count). The molecule has 0 aliphatic heterocycles. The summed E-state index contributed by atoms with van der Waals surface area (Å²) >= 11 is 0. The maximum atomic E-state index is 9.47. The summed E-state index contributed by atoms with van der Waals surface area (Å²) in [4.78, 5) is 0. The second-order valence-electron chi connectivity index (χ2n) is 5.23. The first-order valence-corrected chi connectivity index (χ1v) is 6.80. The van der Waals surface area contributed by atoms with Crippen LogP contribution < -0.4 is 4.74 Å². The predicted octanol–water partition coefficient (Wildman–Crippen LogP) is 4.19. The molecule has 0 bridgehead atoms. The standard InChI is InChI=1S/C16H21NO/c1-12-8-9-14(10-16(12)18-2)15(11-17)13-6-4-3-5-7-13/h8-10,13,15H,3-7H2,1-2H3. The van der Waals surface area contributed by atoms with Crippen LogP contribution in [-0.4, -0.2) is 7.11 Å². The molecule has 1 aromatic carbocycles. The molecule has 0 saturated heterocycles. The molecule has 18 heavy (non-hydrogen) atoms. The van der Waals surface area contributed by atoms with Crippen LogP contribution in [0.2, 0.25) is 0 Å². The molecular weight excluding hydrogens is 222 g/mol. The van der Waals surface area contributed by atoms with Gasteiger partial charge in [-0.05, 0) is 42.9 Å². The zero-order valence-electron chi connectivity index (χ0n) is 11.3. The highest BCUT2D eigenvalue weighted by atomic mass is 16.5. The van der Waals surface area contributed by atoms with Crippen LogP contribution in [0.5, 0.6) is 5.75 Å². The lowest BCUT2D eigenvalue weighted by Crippen LogP contribution is -2.15. The Morgan fingerprint density at radius 3 is 2.61 bits per heavy atom. The third-order valence-corrected chi connectivity index (χ3v) is 4.05. The second-order valence-corrected chi connectivity index (χ2v) is 5.23. The summed E-state index contributed by atoms with van der Waals surface area (Å²) in [6.07, 6.45) is 6.24. The summed E-state index contributed by atoms with van der Waals surface area (Å²) in [6, 6.07) is 8.68. The average molecular weight is 243 g/mol. The number of methoxy groups -OCH3 is 1. The zero-order valence-corrected chi connectivity index (χ0v) is 11.3. The van der Waals surface area contributed by atoms with Crippen molar-refractivity contribution in [3.63, 3.8) is 0 Å². The van der Waals surface area contributed by atoms with Gasteiger partial charge in [0.2, 0.25) is 0 Å². The first-order valence-electron chi connectivity index (χ1n) is 6.80. The van der Waals surface area contributed by atoms with Gasteiger partial charge in [0.25, 0.3) is 0 Å². The lowest BCUT2D eigenvalue weighted by atomic mass is 9.77. The fourth-order valence-corrected chi connectivity index (χ4v) is 2.95. The van der Waals surface area contributed by atoms with Crippen molar-refractivity contribution in [2.45, 2.75) is 44.9 Å². The fraction of sp³-hybridized carbons (Fsp3) is 0.562. The summed E-state index contributed by atoms with van der Waals surface area (Å²) in [5.41, 5.74) is 2.24. The van der Waals surface area contributed by atoms with Crippen LogP contribution in [0.15, 0.2) is 18.2 Å². The van der Waals surface area contributed by atoms with E-state index in [0.29, 0.717) is 5.92 Å². The molecule has 1 aliphatic carbocycles. The Morgan fingerprint density at radius 1 is 1.28 bits per heavy atom. The number of nitrogens with zero attached hydrogens (tertiary/aromatic N) is 1. The van der Waals surface area contributed by atoms with Gasteiger partial charge in [0, 0.05) is 0 Å². The van der Waals surface area contributed by atoms with E-state index in [4.69, 9.17) is 4.74 Å². The Kier molecular flexibility index (Phi) is 4.25. The van der Waals surface area contributed by atoms with E-state index in [9.17, 15) is 5.26 Å². The molecule has 0 spiro atoms. The van der Waals surface area contributed by atoms with Gasteiger partial charge in [0.05, 0.1) is 19.1 Å². The molecule has 1 aromatic rings. The molecule has 0 N–H and O–H groups in total. The van der Waals surface area contributed by atoms with Gasteiger partial charge in [0.1, 0.15) is 5.75 Å². The van der Waals surface area contributed by atoms with Gasteiger partial charge in [0.15, 0.2) is 0 Å². The van der Waals surface area contributed by atoms with Crippen LogP contribution in [0.1, 0.15) is 49.1 Å². The summed E-state index contributed by atoms with van der Waals surface area (Å²) < 4.78 is 5.36. The molecule has 1 saturated carbocycles. The van der Waals surface area contributed by atoms with E-state index in [0.717, 1.165) is 16.9 Å². The van der Waals surface area contributed by atoms with Gasteiger partial charge >= 0.3 is 0 Å². The van der Waals surface area contributed by atoms with Crippen molar-refractivity contribution in [2.75, 3.05) is 7.11 Å². The van der Waals surface area contributed by atoms with Gasteiger partial charge in [-0.15, -0.1) is 0 Å². The van der Waals surface area contributed by atoms with Crippen LogP contribution >= 0.6 is 0 Å². The zero-order chi connectivity index (χ0) is 13.0. The number of nitriles is 1. The maximum absolute atomic E-state index is 9.47. The van der Waals surface area contributed by atoms with E-state index in [2.05, 4.69) is 18.2 Å². The van der Waals surface area contributed by atoms with Crippen molar-refractivity contribution in [2.24, 2.45) is 5.92 Å². The summed E-state index contributed by atoms with van der Waals surface area (Å²) in [6.45, 7) is 2.03. The molecule has 2 heteroatoms. The summed E-state index contributed by atoms with van der Waals surface area (Å²) in [7, 11) is 1.69. The molecule has 1 atom stereocenters. The van der Waals surface area contributed by atoms with Gasteiger partial charge < -0.3 is 4.74 Å². The number of hydrogen-bond donors (Lipinski definition) is 0. The average Bonchev–Trinajstić information content (AvgIpc) is 2.42. The van der Waals surface area contributed by atoms with E-state index in [1.165, 1.54) is 32.1 Å². The first-order chi connectivity index (χ1) is 8.76. The molecule has 2 nitrogen and oxygen atoms in total. The van der Waals surface area contributed by atoms with E-state index >= 15 is 0 Å². The third kappa shape index (κ3) is 2.67. The second kappa shape index (κ2) is 5.91. The molecule has 0 heterocycles. The Labute approximate surface area is 110 Å². The minimum Gasteiger partial charge on any atom is -0.496 e. The van der Waals surface area contributed by atoms with Crippen molar-refractivity contribution < 1.29 is 4.74 Å². The molecule has 1 unspecified atom stereocenters. The predicted molar refractivity (Wildman–Crippen MR) is 72.7 cm³/mol. The van der Waals surface area contributed by atoms with Crippen LogP contribution in [0, 0.1) is 24.2 Å². The smallest absolute Gasteiger partial charge is 0.122 e. The number of ether oxygens (including phenoxy) is 1. The van der Waals surface area contributed by atoms with Gasteiger partial charge in [-0.25, -0.2) is 0 Å². The van der Waals surface area contributed by atoms with Gasteiger partial charge in [-0.2, -0.15) is 5.26 Å². The number of rotatable bonds is 3. The molecule has 0 amide bonds. The Morgan fingerprint density at radius 2 is 2.00 bits per heavy atom. The van der Waals surface area contributed by atoms with Crippen LogP contribution in [0.25, 0.3) is 0 Å². The fourth-order valence-electron chi connectivity index (χ4n) is 2.95. The minimum absolute atomic E-state index is 0.0276. The van der Waals surface area contributed by atoms with Crippen molar-refractivity contribution in [3.05, 3.63) is 29.3 Å². The Bertz CT molecular complexity index is 441. The van der Waals surface area contributed by atoms with Crippen molar-refractivity contribution in [1.82, 2.24) is 0 Å². The number of hydrogen-bond acceptors (Lipinski definition) is 2. The summed E-state index contributed by atoms with van der Waals surface area (Å²) in [5, 5.41) is 9.47. The van der Waals surface area contributed by atoms with Gasteiger partial charge in [-0.3, -0.25) is 0 Å². The Hall–Kier alpha value is -1.49. The summed E-state index contributed by atoms with van der Waals surface area (Å²) in [5.74, 6) is 1.44. The van der Waals surface area contributed by atoms with Crippen molar-refractivity contribution in [1.29, 1.82) is 5.26 Å².